The molecule has 0 radical (unpaired) electrons. The van der Waals surface area contributed by atoms with E-state index in [1.165, 1.54) is 6.21 Å². The summed E-state index contributed by atoms with van der Waals surface area (Å²) in [4.78, 5) is 18.9. The van der Waals surface area contributed by atoms with Crippen LogP contribution in [0.25, 0.3) is 10.9 Å². The number of nitrogens with one attached hydrogen (secondary N) is 4. The van der Waals surface area contributed by atoms with Crippen molar-refractivity contribution in [2.24, 2.45) is 5.92 Å². The van der Waals surface area contributed by atoms with Crippen LogP contribution in [0.5, 0.6) is 5.75 Å². The molecule has 0 spiro atoms. The lowest BCUT2D eigenvalue weighted by Crippen LogP contribution is -2.56. The van der Waals surface area contributed by atoms with Gasteiger partial charge in [0, 0.05) is 50.0 Å². The number of pyridine rings is 1. The molecule has 232 valence electrons. The number of para-hydroxylation sites is 2. The molecule has 2 aromatic heterocycles. The lowest BCUT2D eigenvalue weighted by atomic mass is 10.0. The Bertz CT molecular complexity index is 1650. The van der Waals surface area contributed by atoms with Crippen LogP contribution in [0.4, 0.5) is 17.5 Å². The van der Waals surface area contributed by atoms with E-state index < -0.39 is 6.35 Å². The summed E-state index contributed by atoms with van der Waals surface area (Å²) in [5.41, 5.74) is 3.40. The minimum Gasteiger partial charge on any atom is -0.457 e. The SMILES string of the molecule is CCC(C)Nc1c(C=N)nc(N2CCN(C(NC#N)Oc3ccccc3)CC2)nc1N[C@@H](c1cnc2ccccc2c1)C1CC1. The van der Waals surface area contributed by atoms with Crippen molar-refractivity contribution in [3.8, 4) is 11.9 Å². The largest absolute Gasteiger partial charge is 0.457 e. The van der Waals surface area contributed by atoms with Gasteiger partial charge in [-0.15, -0.1) is 0 Å². The summed E-state index contributed by atoms with van der Waals surface area (Å²) >= 11 is 0. The number of hydrogen-bond donors (Lipinski definition) is 4. The number of nitrogens with zero attached hydrogens (tertiary/aromatic N) is 6. The second kappa shape index (κ2) is 13.8. The summed E-state index contributed by atoms with van der Waals surface area (Å²) in [7, 11) is 0. The Morgan fingerprint density at radius 3 is 2.51 bits per heavy atom. The first-order valence-electron chi connectivity index (χ1n) is 15.7. The predicted octanol–water partition coefficient (Wildman–Crippen LogP) is 5.35. The second-order valence-electron chi connectivity index (χ2n) is 11.7. The number of fused-ring (bicyclic) bond motifs is 1. The van der Waals surface area contributed by atoms with Crippen LogP contribution >= 0.6 is 0 Å². The molecule has 2 fully saturated rings. The maximum atomic E-state index is 9.38. The van der Waals surface area contributed by atoms with E-state index in [-0.39, 0.29) is 12.1 Å². The molecule has 11 heteroatoms. The molecule has 0 amide bonds. The fourth-order valence-corrected chi connectivity index (χ4v) is 5.65. The van der Waals surface area contributed by atoms with Crippen molar-refractivity contribution in [3.63, 3.8) is 0 Å². The molecule has 1 saturated heterocycles. The minimum atomic E-state index is -0.577. The van der Waals surface area contributed by atoms with Gasteiger partial charge >= 0.3 is 0 Å². The Labute approximate surface area is 264 Å². The van der Waals surface area contributed by atoms with Gasteiger partial charge in [0.2, 0.25) is 12.3 Å². The number of piperazine rings is 1. The van der Waals surface area contributed by atoms with Crippen molar-refractivity contribution in [3.05, 3.63) is 78.1 Å². The Kier molecular flexibility index (Phi) is 9.22. The molecule has 6 rings (SSSR count). The number of aromatic nitrogens is 3. The normalized spacial score (nSPS) is 17.1. The first-order valence-corrected chi connectivity index (χ1v) is 15.7. The second-order valence-corrected chi connectivity index (χ2v) is 11.7. The smallest absolute Gasteiger partial charge is 0.238 e. The van der Waals surface area contributed by atoms with E-state index in [9.17, 15) is 5.26 Å². The molecule has 3 atom stereocenters. The Hall–Kier alpha value is -4.95. The van der Waals surface area contributed by atoms with Gasteiger partial charge in [0.15, 0.2) is 12.0 Å². The first kappa shape index (κ1) is 30.1. The van der Waals surface area contributed by atoms with Gasteiger partial charge in [-0.05, 0) is 61.9 Å². The van der Waals surface area contributed by atoms with E-state index in [0.717, 1.165) is 41.4 Å². The number of benzene rings is 2. The topological polar surface area (TPSA) is 138 Å². The highest BCUT2D eigenvalue weighted by Crippen LogP contribution is 2.44. The predicted molar refractivity (Wildman–Crippen MR) is 178 cm³/mol. The van der Waals surface area contributed by atoms with Crippen molar-refractivity contribution >= 4 is 34.6 Å². The fraction of sp³-hybridized carbons (Fsp3) is 0.382. The first-order chi connectivity index (χ1) is 22.1. The number of nitriles is 1. The van der Waals surface area contributed by atoms with Gasteiger partial charge in [-0.1, -0.05) is 43.3 Å². The summed E-state index contributed by atoms with van der Waals surface area (Å²) < 4.78 is 6.08. The van der Waals surface area contributed by atoms with E-state index in [1.54, 1.807) is 0 Å². The number of anilines is 3. The van der Waals surface area contributed by atoms with E-state index in [2.05, 4.69) is 51.7 Å². The lowest BCUT2D eigenvalue weighted by molar-refractivity contribution is 0.00715. The van der Waals surface area contributed by atoms with Crippen LogP contribution in [0.3, 0.4) is 0 Å². The standard InChI is InChI=1S/C34H40N10O/c1-3-23(2)39-31-29(20-35)40-33(43-15-17-44(18-16-43)34(38-22-36)45-27-10-5-4-6-11-27)42-32(31)41-30(24-13-14-24)26-19-25-9-7-8-12-28(25)37-21-26/h4-12,19-21,23-24,30,34-35,38-39H,3,13-18H2,1-2H3,(H,40,41,42)/t23?,30-,34?/m1/s1. The monoisotopic (exact) mass is 604 g/mol. The summed E-state index contributed by atoms with van der Waals surface area (Å²) in [6, 6.07) is 20.1. The van der Waals surface area contributed by atoms with Crippen LogP contribution in [0.2, 0.25) is 0 Å². The van der Waals surface area contributed by atoms with Crippen LogP contribution in [-0.2, 0) is 0 Å². The third-order valence-corrected chi connectivity index (χ3v) is 8.53. The maximum Gasteiger partial charge on any atom is 0.238 e. The molecule has 1 aliphatic carbocycles. The third-order valence-electron chi connectivity index (χ3n) is 8.53. The van der Waals surface area contributed by atoms with E-state index in [0.29, 0.717) is 55.3 Å². The van der Waals surface area contributed by atoms with Crippen LogP contribution in [0.1, 0.15) is 50.4 Å². The van der Waals surface area contributed by atoms with Crippen LogP contribution in [0, 0.1) is 22.8 Å². The highest BCUT2D eigenvalue weighted by atomic mass is 16.5. The zero-order valence-electron chi connectivity index (χ0n) is 25.8. The molecule has 2 unspecified atom stereocenters. The van der Waals surface area contributed by atoms with E-state index in [1.807, 2.05) is 60.9 Å². The van der Waals surface area contributed by atoms with Gasteiger partial charge in [0.25, 0.3) is 0 Å². The lowest BCUT2D eigenvalue weighted by Gasteiger charge is -2.38. The molecular formula is C34H40N10O. The maximum absolute atomic E-state index is 9.38. The molecule has 45 heavy (non-hydrogen) atoms. The molecule has 11 nitrogen and oxygen atoms in total. The van der Waals surface area contributed by atoms with Gasteiger partial charge in [-0.2, -0.15) is 10.2 Å². The molecule has 4 N–H and O–H groups in total. The van der Waals surface area contributed by atoms with Crippen molar-refractivity contribution in [2.45, 2.75) is 51.5 Å². The van der Waals surface area contributed by atoms with Gasteiger partial charge in [-0.25, -0.2) is 9.88 Å². The summed E-state index contributed by atoms with van der Waals surface area (Å²) in [5, 5.41) is 28.9. The van der Waals surface area contributed by atoms with Crippen molar-refractivity contribution in [2.75, 3.05) is 41.7 Å². The van der Waals surface area contributed by atoms with Crippen LogP contribution < -0.4 is 25.6 Å². The molecule has 4 aromatic rings. The molecular weight excluding hydrogens is 564 g/mol. The number of ether oxygens (including phenoxy) is 1. The van der Waals surface area contributed by atoms with Gasteiger partial charge in [-0.3, -0.25) is 10.3 Å². The van der Waals surface area contributed by atoms with Gasteiger partial charge in [0.1, 0.15) is 17.1 Å². The Morgan fingerprint density at radius 1 is 1.04 bits per heavy atom. The number of rotatable bonds is 13. The highest BCUT2D eigenvalue weighted by molar-refractivity contribution is 5.89. The molecule has 0 bridgehead atoms. The molecule has 1 aliphatic heterocycles. The van der Waals surface area contributed by atoms with E-state index in [4.69, 9.17) is 25.1 Å². The molecule has 1 saturated carbocycles. The third kappa shape index (κ3) is 7.07. The van der Waals surface area contributed by atoms with Gasteiger partial charge < -0.3 is 25.7 Å². The van der Waals surface area contributed by atoms with Crippen LogP contribution in [-0.4, -0.2) is 64.6 Å². The quantitative estimate of drug-likeness (QED) is 0.0684. The highest BCUT2D eigenvalue weighted by Gasteiger charge is 2.34. The Morgan fingerprint density at radius 2 is 1.80 bits per heavy atom. The summed E-state index contributed by atoms with van der Waals surface area (Å²) in [6.45, 7) is 6.80. The summed E-state index contributed by atoms with van der Waals surface area (Å²) in [5.74, 6) is 2.44. The average Bonchev–Trinajstić information content (AvgIpc) is 3.93. The molecule has 2 aliphatic rings. The summed E-state index contributed by atoms with van der Waals surface area (Å²) in [6.07, 6.45) is 7.93. The Balaban J connectivity index is 1.27. The number of hydrogen-bond acceptors (Lipinski definition) is 11. The zero-order chi connectivity index (χ0) is 31.2. The van der Waals surface area contributed by atoms with Crippen molar-refractivity contribution < 1.29 is 4.74 Å². The molecule has 2 aromatic carbocycles. The van der Waals surface area contributed by atoms with E-state index >= 15 is 0 Å². The zero-order valence-corrected chi connectivity index (χ0v) is 25.8. The van der Waals surface area contributed by atoms with Crippen molar-refractivity contribution in [1.82, 2.24) is 25.2 Å². The minimum absolute atomic E-state index is 0.0331. The average molecular weight is 605 g/mol. The van der Waals surface area contributed by atoms with Crippen molar-refractivity contribution in [1.29, 1.82) is 10.7 Å². The van der Waals surface area contributed by atoms with Gasteiger partial charge in [0.05, 0.1) is 11.6 Å². The molecule has 3 heterocycles. The van der Waals surface area contributed by atoms with Crippen LogP contribution in [0.15, 0.2) is 66.9 Å². The fourth-order valence-electron chi connectivity index (χ4n) is 5.65.